The van der Waals surface area contributed by atoms with Crippen molar-refractivity contribution in [2.75, 3.05) is 13.1 Å². The van der Waals surface area contributed by atoms with Crippen molar-refractivity contribution in [2.45, 2.75) is 32.1 Å². The molecule has 2 fully saturated rings. The lowest BCUT2D eigenvalue weighted by atomic mass is 9.75. The highest BCUT2D eigenvalue weighted by molar-refractivity contribution is 5.93. The van der Waals surface area contributed by atoms with Crippen LogP contribution in [0.5, 0.6) is 0 Å². The van der Waals surface area contributed by atoms with Crippen molar-refractivity contribution < 1.29 is 4.79 Å². The summed E-state index contributed by atoms with van der Waals surface area (Å²) in [7, 11) is 0. The first-order chi connectivity index (χ1) is 8.34. The van der Waals surface area contributed by atoms with E-state index in [9.17, 15) is 4.79 Å². The number of hydrogen-bond acceptors (Lipinski definition) is 2. The maximum Gasteiger partial charge on any atom is 0.257 e. The quantitative estimate of drug-likeness (QED) is 0.807. The molecule has 0 spiro atoms. The molecule has 92 valence electrons. The number of rotatable bonds is 1. The van der Waals surface area contributed by atoms with E-state index >= 15 is 0 Å². The van der Waals surface area contributed by atoms with E-state index in [1.807, 2.05) is 4.90 Å². The summed E-state index contributed by atoms with van der Waals surface area (Å²) < 4.78 is 0. The van der Waals surface area contributed by atoms with Crippen LogP contribution in [0.25, 0.3) is 0 Å². The minimum atomic E-state index is 0.141. The van der Waals surface area contributed by atoms with Crippen LogP contribution in [0.4, 0.5) is 0 Å². The number of H-pyrrole nitrogens is 1. The second kappa shape index (κ2) is 4.51. The second-order valence-electron chi connectivity index (χ2n) is 5.33. The highest BCUT2D eigenvalue weighted by Gasteiger charge is 2.33. The van der Waals surface area contributed by atoms with Crippen molar-refractivity contribution >= 4 is 5.91 Å². The molecule has 0 aromatic carbocycles. The van der Waals surface area contributed by atoms with Crippen LogP contribution < -0.4 is 0 Å². The van der Waals surface area contributed by atoms with Gasteiger partial charge in [0.15, 0.2) is 0 Å². The van der Waals surface area contributed by atoms with Crippen LogP contribution in [0.1, 0.15) is 42.5 Å². The number of likely N-dealkylation sites (tertiary alicyclic amines) is 1. The standard InChI is InChI=1S/C13H19N3O/c17-13(12-7-14-15-8-12)16-6-5-10-3-1-2-4-11(10)9-16/h7-8,10-11H,1-6,9H2,(H,14,15). The van der Waals surface area contributed by atoms with E-state index in [1.54, 1.807) is 12.4 Å². The Kier molecular flexibility index (Phi) is 2.87. The van der Waals surface area contributed by atoms with E-state index in [0.717, 1.165) is 24.9 Å². The molecule has 2 unspecified atom stereocenters. The fraction of sp³-hybridized carbons (Fsp3) is 0.692. The maximum absolute atomic E-state index is 12.2. The smallest absolute Gasteiger partial charge is 0.257 e. The second-order valence-corrected chi connectivity index (χ2v) is 5.33. The van der Waals surface area contributed by atoms with Gasteiger partial charge in [-0.1, -0.05) is 19.3 Å². The van der Waals surface area contributed by atoms with Gasteiger partial charge in [0.1, 0.15) is 0 Å². The maximum atomic E-state index is 12.2. The predicted molar refractivity (Wildman–Crippen MR) is 64.6 cm³/mol. The normalized spacial score (nSPS) is 28.8. The minimum Gasteiger partial charge on any atom is -0.338 e. The lowest BCUT2D eigenvalue weighted by Crippen LogP contribution is -2.44. The van der Waals surface area contributed by atoms with Gasteiger partial charge in [-0.05, 0) is 24.7 Å². The lowest BCUT2D eigenvalue weighted by Gasteiger charge is -2.41. The van der Waals surface area contributed by atoms with Gasteiger partial charge in [-0.2, -0.15) is 5.10 Å². The average molecular weight is 233 g/mol. The van der Waals surface area contributed by atoms with Crippen molar-refractivity contribution in [3.05, 3.63) is 18.0 Å². The molecule has 17 heavy (non-hydrogen) atoms. The van der Waals surface area contributed by atoms with Crippen molar-refractivity contribution in [2.24, 2.45) is 11.8 Å². The first kappa shape index (κ1) is 10.8. The highest BCUT2D eigenvalue weighted by atomic mass is 16.2. The molecule has 1 aliphatic heterocycles. The fourth-order valence-electron chi connectivity index (χ4n) is 3.34. The first-order valence-electron chi connectivity index (χ1n) is 6.62. The molecule has 2 heterocycles. The van der Waals surface area contributed by atoms with Gasteiger partial charge in [0.25, 0.3) is 5.91 Å². The van der Waals surface area contributed by atoms with E-state index in [0.29, 0.717) is 5.56 Å². The van der Waals surface area contributed by atoms with Gasteiger partial charge in [-0.25, -0.2) is 0 Å². The van der Waals surface area contributed by atoms with Crippen LogP contribution in [0.2, 0.25) is 0 Å². The van der Waals surface area contributed by atoms with Gasteiger partial charge >= 0.3 is 0 Å². The molecule has 2 atom stereocenters. The summed E-state index contributed by atoms with van der Waals surface area (Å²) >= 11 is 0. The Hall–Kier alpha value is -1.32. The summed E-state index contributed by atoms with van der Waals surface area (Å²) in [5.41, 5.74) is 0.694. The third-order valence-electron chi connectivity index (χ3n) is 4.32. The van der Waals surface area contributed by atoms with E-state index in [4.69, 9.17) is 0 Å². The summed E-state index contributed by atoms with van der Waals surface area (Å²) in [5.74, 6) is 1.76. The molecule has 4 nitrogen and oxygen atoms in total. The summed E-state index contributed by atoms with van der Waals surface area (Å²) in [6, 6.07) is 0. The van der Waals surface area contributed by atoms with Crippen LogP contribution in [-0.2, 0) is 0 Å². The number of fused-ring (bicyclic) bond motifs is 1. The predicted octanol–water partition coefficient (Wildman–Crippen LogP) is 2.06. The molecule has 1 N–H and O–H groups in total. The molecule has 0 bridgehead atoms. The summed E-state index contributed by atoms with van der Waals surface area (Å²) in [6.07, 6.45) is 9.91. The van der Waals surface area contributed by atoms with E-state index in [2.05, 4.69) is 10.2 Å². The van der Waals surface area contributed by atoms with Crippen LogP contribution in [0.15, 0.2) is 12.4 Å². The third kappa shape index (κ3) is 2.08. The van der Waals surface area contributed by atoms with Crippen LogP contribution in [0.3, 0.4) is 0 Å². The molecule has 3 rings (SSSR count). The zero-order chi connectivity index (χ0) is 11.7. The SMILES string of the molecule is O=C(c1cn[nH]c1)N1CCC2CCCCC2C1. The first-order valence-corrected chi connectivity index (χ1v) is 6.62. The summed E-state index contributed by atoms with van der Waals surface area (Å²) in [4.78, 5) is 14.2. The van der Waals surface area contributed by atoms with Gasteiger partial charge in [0.2, 0.25) is 0 Å². The number of piperidine rings is 1. The number of aromatic amines is 1. The molecule has 1 saturated carbocycles. The number of carbonyl (C=O) groups is 1. The Labute approximate surface area is 101 Å². The van der Waals surface area contributed by atoms with Gasteiger partial charge in [0.05, 0.1) is 11.8 Å². The molecular weight excluding hydrogens is 214 g/mol. The molecule has 4 heteroatoms. The average Bonchev–Trinajstić information content (AvgIpc) is 2.91. The number of hydrogen-bond donors (Lipinski definition) is 1. The van der Waals surface area contributed by atoms with Crippen molar-refractivity contribution in [1.82, 2.24) is 15.1 Å². The number of nitrogens with zero attached hydrogens (tertiary/aromatic N) is 2. The summed E-state index contributed by atoms with van der Waals surface area (Å²) in [6.45, 7) is 1.87. The van der Waals surface area contributed by atoms with Crippen molar-refractivity contribution in [3.63, 3.8) is 0 Å². The van der Waals surface area contributed by atoms with Crippen LogP contribution >= 0.6 is 0 Å². The Bertz CT molecular complexity index is 387. The molecule has 1 aromatic heterocycles. The Morgan fingerprint density at radius 1 is 1.29 bits per heavy atom. The topological polar surface area (TPSA) is 49.0 Å². The number of nitrogens with one attached hydrogen (secondary N) is 1. The number of aromatic nitrogens is 2. The molecule has 2 aliphatic rings. The largest absolute Gasteiger partial charge is 0.338 e. The highest BCUT2D eigenvalue weighted by Crippen LogP contribution is 2.36. The van der Waals surface area contributed by atoms with Crippen LogP contribution in [0, 0.1) is 11.8 Å². The Balaban J connectivity index is 1.67. The molecule has 1 amide bonds. The third-order valence-corrected chi connectivity index (χ3v) is 4.32. The van der Waals surface area contributed by atoms with E-state index in [1.165, 1.54) is 32.1 Å². The molecule has 1 aromatic rings. The molecule has 1 saturated heterocycles. The fourth-order valence-corrected chi connectivity index (χ4v) is 3.34. The van der Waals surface area contributed by atoms with Gasteiger partial charge in [-0.3, -0.25) is 9.89 Å². The Morgan fingerprint density at radius 2 is 2.12 bits per heavy atom. The van der Waals surface area contributed by atoms with Gasteiger partial charge in [-0.15, -0.1) is 0 Å². The summed E-state index contributed by atoms with van der Waals surface area (Å²) in [5, 5.41) is 6.56. The van der Waals surface area contributed by atoms with Crippen LogP contribution in [-0.4, -0.2) is 34.1 Å². The number of amides is 1. The van der Waals surface area contributed by atoms with Gasteiger partial charge in [0, 0.05) is 19.3 Å². The molecule has 1 aliphatic carbocycles. The Morgan fingerprint density at radius 3 is 2.88 bits per heavy atom. The lowest BCUT2D eigenvalue weighted by molar-refractivity contribution is 0.0521. The minimum absolute atomic E-state index is 0.141. The zero-order valence-electron chi connectivity index (χ0n) is 10.1. The van der Waals surface area contributed by atoms with E-state index in [-0.39, 0.29) is 5.91 Å². The monoisotopic (exact) mass is 233 g/mol. The number of carbonyl (C=O) groups excluding carboxylic acids is 1. The van der Waals surface area contributed by atoms with E-state index < -0.39 is 0 Å². The van der Waals surface area contributed by atoms with Gasteiger partial charge < -0.3 is 4.90 Å². The molecule has 0 radical (unpaired) electrons. The molecular formula is C13H19N3O. The van der Waals surface area contributed by atoms with Crippen molar-refractivity contribution in [3.8, 4) is 0 Å². The van der Waals surface area contributed by atoms with Crippen molar-refractivity contribution in [1.29, 1.82) is 0 Å². The zero-order valence-corrected chi connectivity index (χ0v) is 10.1.